The molecule has 0 bridgehead atoms. The van der Waals surface area contributed by atoms with Gasteiger partial charge in [0.15, 0.2) is 0 Å². The van der Waals surface area contributed by atoms with Crippen LogP contribution in [0.5, 0.6) is 5.75 Å². The molecule has 1 saturated heterocycles. The lowest BCUT2D eigenvalue weighted by molar-refractivity contribution is -0.141. The van der Waals surface area contributed by atoms with E-state index >= 15 is 0 Å². The van der Waals surface area contributed by atoms with Gasteiger partial charge in [0.25, 0.3) is 5.91 Å². The number of aliphatic carboxylic acids is 1. The van der Waals surface area contributed by atoms with Crippen LogP contribution in [0.25, 0.3) is 22.3 Å². The fraction of sp³-hybridized carbons (Fsp3) is 0.208. The molecule has 2 heterocycles. The predicted molar refractivity (Wildman–Crippen MR) is 118 cm³/mol. The molecule has 4 rings (SSSR count). The van der Waals surface area contributed by atoms with Gasteiger partial charge in [-0.15, -0.1) is 0 Å². The van der Waals surface area contributed by atoms with Crippen molar-refractivity contribution >= 4 is 23.5 Å². The van der Waals surface area contributed by atoms with E-state index in [4.69, 9.17) is 16.3 Å². The summed E-state index contributed by atoms with van der Waals surface area (Å²) >= 11 is 6.50. The minimum Gasteiger partial charge on any atom is -0.494 e. The number of carbonyl (C=O) groups is 2. The molecule has 0 radical (unpaired) electrons. The number of halogens is 1. The highest BCUT2D eigenvalue weighted by Gasteiger charge is 2.34. The lowest BCUT2D eigenvalue weighted by Crippen LogP contribution is -2.40. The Bertz CT molecular complexity index is 1150. The molecule has 1 atom stereocenters. The largest absolute Gasteiger partial charge is 0.494 e. The number of benzene rings is 2. The third kappa shape index (κ3) is 3.99. The molecule has 1 aliphatic heterocycles. The zero-order chi connectivity index (χ0) is 22.0. The van der Waals surface area contributed by atoms with E-state index in [-0.39, 0.29) is 5.91 Å². The summed E-state index contributed by atoms with van der Waals surface area (Å²) in [6.07, 6.45) is 4.44. The molecule has 3 aromatic rings. The molecule has 1 unspecified atom stereocenters. The third-order valence-electron chi connectivity index (χ3n) is 5.52. The number of aromatic nitrogens is 1. The van der Waals surface area contributed by atoms with Crippen molar-refractivity contribution < 1.29 is 19.4 Å². The summed E-state index contributed by atoms with van der Waals surface area (Å²) in [4.78, 5) is 30.3. The van der Waals surface area contributed by atoms with Crippen molar-refractivity contribution in [1.29, 1.82) is 0 Å². The average molecular weight is 437 g/mol. The van der Waals surface area contributed by atoms with Gasteiger partial charge in [0.1, 0.15) is 11.8 Å². The number of amides is 1. The number of ether oxygens (including phenoxy) is 1. The molecule has 1 aliphatic rings. The number of carboxylic acids is 1. The fourth-order valence-electron chi connectivity index (χ4n) is 4.01. The molecule has 2 aromatic carbocycles. The Labute approximate surface area is 185 Å². The van der Waals surface area contributed by atoms with E-state index in [9.17, 15) is 14.7 Å². The van der Waals surface area contributed by atoms with Crippen LogP contribution in [0.3, 0.4) is 0 Å². The maximum atomic E-state index is 13.2. The van der Waals surface area contributed by atoms with Gasteiger partial charge in [-0.1, -0.05) is 35.9 Å². The van der Waals surface area contributed by atoms with Crippen molar-refractivity contribution in [3.8, 4) is 28.0 Å². The van der Waals surface area contributed by atoms with Gasteiger partial charge in [-0.25, -0.2) is 4.79 Å². The molecular weight excluding hydrogens is 416 g/mol. The van der Waals surface area contributed by atoms with Crippen molar-refractivity contribution in [1.82, 2.24) is 9.88 Å². The molecule has 1 aromatic heterocycles. The zero-order valence-electron chi connectivity index (χ0n) is 16.9. The number of carbonyl (C=O) groups excluding carboxylic acids is 1. The lowest BCUT2D eigenvalue weighted by atomic mass is 9.92. The highest BCUT2D eigenvalue weighted by molar-refractivity contribution is 6.33. The number of methoxy groups -OCH3 is 1. The fourth-order valence-corrected chi connectivity index (χ4v) is 4.25. The number of carboxylic acid groups (broad SMARTS) is 1. The first-order valence-corrected chi connectivity index (χ1v) is 10.3. The van der Waals surface area contributed by atoms with Crippen LogP contribution < -0.4 is 4.74 Å². The van der Waals surface area contributed by atoms with Crippen molar-refractivity contribution in [2.24, 2.45) is 0 Å². The minimum absolute atomic E-state index is 0.300. The Morgan fingerprint density at radius 1 is 1.10 bits per heavy atom. The van der Waals surface area contributed by atoms with Crippen LogP contribution in [0.2, 0.25) is 5.02 Å². The second-order valence-electron chi connectivity index (χ2n) is 7.31. The summed E-state index contributed by atoms with van der Waals surface area (Å²) < 4.78 is 5.48. The van der Waals surface area contributed by atoms with Gasteiger partial charge in [0.05, 0.1) is 13.3 Å². The number of rotatable bonds is 5. The van der Waals surface area contributed by atoms with E-state index < -0.39 is 12.0 Å². The van der Waals surface area contributed by atoms with Crippen molar-refractivity contribution in [2.45, 2.75) is 18.9 Å². The van der Waals surface area contributed by atoms with Gasteiger partial charge < -0.3 is 14.7 Å². The molecule has 158 valence electrons. The summed E-state index contributed by atoms with van der Waals surface area (Å²) in [5.41, 5.74) is 3.59. The van der Waals surface area contributed by atoms with E-state index in [1.165, 1.54) is 4.90 Å². The SMILES string of the molecule is COc1cnccc1-c1ccc(C(=O)N2CCCC2C(=O)O)cc1-c1ccccc1Cl. The molecule has 6 nitrogen and oxygen atoms in total. The Morgan fingerprint density at radius 2 is 1.90 bits per heavy atom. The smallest absolute Gasteiger partial charge is 0.326 e. The maximum Gasteiger partial charge on any atom is 0.326 e. The van der Waals surface area contributed by atoms with Crippen molar-refractivity contribution in [3.63, 3.8) is 0 Å². The van der Waals surface area contributed by atoms with Crippen molar-refractivity contribution in [3.05, 3.63) is 71.5 Å². The minimum atomic E-state index is -0.977. The van der Waals surface area contributed by atoms with E-state index in [1.807, 2.05) is 30.3 Å². The third-order valence-corrected chi connectivity index (χ3v) is 5.85. The molecule has 0 spiro atoms. The highest BCUT2D eigenvalue weighted by atomic mass is 35.5. The molecule has 1 N–H and O–H groups in total. The molecule has 1 amide bonds. The summed E-state index contributed by atoms with van der Waals surface area (Å²) in [6, 6.07) is 13.8. The summed E-state index contributed by atoms with van der Waals surface area (Å²) in [6.45, 7) is 0.428. The van der Waals surface area contributed by atoms with E-state index in [1.54, 1.807) is 37.7 Å². The summed E-state index contributed by atoms with van der Waals surface area (Å²) in [7, 11) is 1.58. The van der Waals surface area contributed by atoms with Gasteiger partial charge in [0.2, 0.25) is 0 Å². The Hall–Kier alpha value is -3.38. The second kappa shape index (κ2) is 8.78. The number of nitrogens with zero attached hydrogens (tertiary/aromatic N) is 2. The normalized spacial score (nSPS) is 15.7. The van der Waals surface area contributed by atoms with E-state index in [0.717, 1.165) is 22.3 Å². The summed E-state index contributed by atoms with van der Waals surface area (Å²) in [5.74, 6) is -0.679. The van der Waals surface area contributed by atoms with Crippen LogP contribution in [0.15, 0.2) is 60.9 Å². The van der Waals surface area contributed by atoms with E-state index in [2.05, 4.69) is 4.98 Å². The first-order chi connectivity index (χ1) is 15.0. The summed E-state index contributed by atoms with van der Waals surface area (Å²) in [5, 5.41) is 10.0. The quantitative estimate of drug-likeness (QED) is 0.623. The Balaban J connectivity index is 1.86. The van der Waals surface area contributed by atoms with Crippen LogP contribution in [-0.2, 0) is 4.79 Å². The number of hydrogen-bond acceptors (Lipinski definition) is 4. The van der Waals surface area contributed by atoms with Crippen LogP contribution >= 0.6 is 11.6 Å². The van der Waals surface area contributed by atoms with Crippen LogP contribution in [-0.4, -0.2) is 46.6 Å². The van der Waals surface area contributed by atoms with Gasteiger partial charge in [0, 0.05) is 34.5 Å². The van der Waals surface area contributed by atoms with Gasteiger partial charge >= 0.3 is 5.97 Å². The number of hydrogen-bond donors (Lipinski definition) is 1. The van der Waals surface area contributed by atoms with Crippen LogP contribution in [0.1, 0.15) is 23.2 Å². The molecule has 0 aliphatic carbocycles. The highest BCUT2D eigenvalue weighted by Crippen LogP contribution is 2.40. The predicted octanol–water partition coefficient (Wildman–Crippen LogP) is 4.77. The molecule has 7 heteroatoms. The number of pyridine rings is 1. The first-order valence-electron chi connectivity index (χ1n) is 9.92. The standard InChI is InChI=1S/C24H21ClN2O4/c1-31-22-14-26-11-10-18(22)16-9-8-15(13-19(16)17-5-2-3-6-20(17)25)23(28)27-12-4-7-21(27)24(29)30/h2-3,5-6,8-11,13-14,21H,4,7,12H2,1H3,(H,29,30). The number of likely N-dealkylation sites (tertiary alicyclic amines) is 1. The Kier molecular flexibility index (Phi) is 5.91. The van der Waals surface area contributed by atoms with Gasteiger partial charge in [-0.2, -0.15) is 0 Å². The van der Waals surface area contributed by atoms with Crippen LogP contribution in [0.4, 0.5) is 0 Å². The van der Waals surface area contributed by atoms with Gasteiger partial charge in [-0.05, 0) is 48.2 Å². The van der Waals surface area contributed by atoms with Crippen LogP contribution in [0, 0.1) is 0 Å². The zero-order valence-corrected chi connectivity index (χ0v) is 17.7. The molecule has 0 saturated carbocycles. The first kappa shape index (κ1) is 20.9. The van der Waals surface area contributed by atoms with Crippen molar-refractivity contribution in [2.75, 3.05) is 13.7 Å². The topological polar surface area (TPSA) is 79.7 Å². The second-order valence-corrected chi connectivity index (χ2v) is 7.72. The Morgan fingerprint density at radius 3 is 2.65 bits per heavy atom. The monoisotopic (exact) mass is 436 g/mol. The lowest BCUT2D eigenvalue weighted by Gasteiger charge is -2.22. The maximum absolute atomic E-state index is 13.2. The van der Waals surface area contributed by atoms with Gasteiger partial charge in [-0.3, -0.25) is 9.78 Å². The van der Waals surface area contributed by atoms with E-state index in [0.29, 0.717) is 35.7 Å². The molecular formula is C24H21ClN2O4. The molecule has 1 fully saturated rings. The molecule has 31 heavy (non-hydrogen) atoms. The average Bonchev–Trinajstić information content (AvgIpc) is 3.29.